The van der Waals surface area contributed by atoms with Crippen LogP contribution < -0.4 is 9.47 Å². The summed E-state index contributed by atoms with van der Waals surface area (Å²) >= 11 is 0. The molecule has 146 valence electrons. The second-order valence-electron chi connectivity index (χ2n) is 6.77. The minimum atomic E-state index is 0.0537. The van der Waals surface area contributed by atoms with Crippen LogP contribution >= 0.6 is 0 Å². The largest absolute Gasteiger partial charge is 0.493 e. The highest BCUT2D eigenvalue weighted by Crippen LogP contribution is 2.27. The van der Waals surface area contributed by atoms with Gasteiger partial charge in [0.25, 0.3) is 0 Å². The Bertz CT molecular complexity index is 734. The average Bonchev–Trinajstić information content (AvgIpc) is 2.71. The van der Waals surface area contributed by atoms with Crippen LogP contribution in [-0.2, 0) is 11.2 Å². The van der Waals surface area contributed by atoms with Crippen molar-refractivity contribution in [2.75, 3.05) is 41.4 Å². The van der Waals surface area contributed by atoms with Crippen LogP contribution in [-0.4, -0.2) is 57.1 Å². The highest BCUT2D eigenvalue weighted by atomic mass is 16.5. The van der Waals surface area contributed by atoms with E-state index in [0.717, 1.165) is 35.6 Å². The van der Waals surface area contributed by atoms with Gasteiger partial charge < -0.3 is 14.4 Å². The number of likely N-dealkylation sites (N-methyl/N-ethyl adjacent to an activating group) is 2. The fourth-order valence-corrected chi connectivity index (χ4v) is 2.95. The lowest BCUT2D eigenvalue weighted by Crippen LogP contribution is -2.38. The van der Waals surface area contributed by atoms with Gasteiger partial charge in [-0.1, -0.05) is 36.4 Å². The topological polar surface area (TPSA) is 42.0 Å². The maximum Gasteiger partial charge on any atom is 0.236 e. The number of ether oxygens (including phenoxy) is 2. The Balaban J connectivity index is 1.87. The summed E-state index contributed by atoms with van der Waals surface area (Å²) in [5, 5.41) is 0. The van der Waals surface area contributed by atoms with Crippen molar-refractivity contribution in [2.24, 2.45) is 0 Å². The molecular weight excluding hydrogens is 340 g/mol. The van der Waals surface area contributed by atoms with E-state index in [2.05, 4.69) is 19.1 Å². The van der Waals surface area contributed by atoms with Gasteiger partial charge in [0, 0.05) is 13.6 Å². The standard InChI is InChI=1S/C22H30N2O3/c1-17(19-9-7-6-8-10-19)24(3)22(25)16-23(2)14-13-18-11-12-20(26-4)21(15-18)27-5/h6-12,15,17H,13-14,16H2,1-5H3. The summed E-state index contributed by atoms with van der Waals surface area (Å²) < 4.78 is 10.6. The summed E-state index contributed by atoms with van der Waals surface area (Å²) in [7, 11) is 7.10. The summed E-state index contributed by atoms with van der Waals surface area (Å²) in [4.78, 5) is 16.5. The number of hydrogen-bond acceptors (Lipinski definition) is 4. The van der Waals surface area contributed by atoms with Gasteiger partial charge in [-0.3, -0.25) is 9.69 Å². The first-order chi connectivity index (χ1) is 13.0. The molecule has 0 aliphatic rings. The predicted molar refractivity (Wildman–Crippen MR) is 108 cm³/mol. The third kappa shape index (κ3) is 5.73. The Kier molecular flexibility index (Phi) is 7.67. The Hall–Kier alpha value is -2.53. The molecule has 0 fully saturated rings. The minimum Gasteiger partial charge on any atom is -0.493 e. The van der Waals surface area contributed by atoms with E-state index in [4.69, 9.17) is 9.47 Å². The predicted octanol–water partition coefficient (Wildman–Crippen LogP) is 3.40. The molecular formula is C22H30N2O3. The number of amides is 1. The smallest absolute Gasteiger partial charge is 0.236 e. The van der Waals surface area contributed by atoms with Crippen molar-refractivity contribution in [3.05, 3.63) is 59.7 Å². The summed E-state index contributed by atoms with van der Waals surface area (Å²) in [6.45, 7) is 3.23. The summed E-state index contributed by atoms with van der Waals surface area (Å²) in [6.07, 6.45) is 0.835. The van der Waals surface area contributed by atoms with Crippen molar-refractivity contribution in [1.29, 1.82) is 0 Å². The highest BCUT2D eigenvalue weighted by Gasteiger charge is 2.18. The first-order valence-electron chi connectivity index (χ1n) is 9.16. The van der Waals surface area contributed by atoms with Crippen LogP contribution in [0.4, 0.5) is 0 Å². The molecule has 0 heterocycles. The van der Waals surface area contributed by atoms with Crippen LogP contribution in [0.3, 0.4) is 0 Å². The van der Waals surface area contributed by atoms with Crippen LogP contribution in [0.25, 0.3) is 0 Å². The lowest BCUT2D eigenvalue weighted by Gasteiger charge is -2.27. The first kappa shape index (κ1) is 20.8. The van der Waals surface area contributed by atoms with Crippen molar-refractivity contribution >= 4 is 5.91 Å². The number of hydrogen-bond donors (Lipinski definition) is 0. The number of carbonyl (C=O) groups is 1. The second kappa shape index (κ2) is 9.97. The molecule has 27 heavy (non-hydrogen) atoms. The number of carbonyl (C=O) groups excluding carboxylic acids is 1. The summed E-state index contributed by atoms with van der Waals surface area (Å²) in [5.74, 6) is 1.56. The maximum atomic E-state index is 12.6. The van der Waals surface area contributed by atoms with Gasteiger partial charge in [-0.15, -0.1) is 0 Å². The van der Waals surface area contributed by atoms with Gasteiger partial charge in [0.2, 0.25) is 5.91 Å². The van der Waals surface area contributed by atoms with Gasteiger partial charge in [0.1, 0.15) is 0 Å². The van der Waals surface area contributed by atoms with Gasteiger partial charge in [-0.25, -0.2) is 0 Å². The van der Waals surface area contributed by atoms with Crippen molar-refractivity contribution in [3.63, 3.8) is 0 Å². The van der Waals surface area contributed by atoms with Crippen molar-refractivity contribution in [2.45, 2.75) is 19.4 Å². The highest BCUT2D eigenvalue weighted by molar-refractivity contribution is 5.78. The van der Waals surface area contributed by atoms with Crippen molar-refractivity contribution in [1.82, 2.24) is 9.80 Å². The Morgan fingerprint density at radius 3 is 2.30 bits per heavy atom. The van der Waals surface area contributed by atoms with Crippen LogP contribution in [0.15, 0.2) is 48.5 Å². The van der Waals surface area contributed by atoms with E-state index in [1.807, 2.05) is 60.3 Å². The molecule has 2 aromatic carbocycles. The van der Waals surface area contributed by atoms with Gasteiger partial charge in [-0.05, 0) is 43.7 Å². The molecule has 0 N–H and O–H groups in total. The zero-order chi connectivity index (χ0) is 19.8. The van der Waals surface area contributed by atoms with E-state index in [9.17, 15) is 4.79 Å². The number of methoxy groups -OCH3 is 2. The molecule has 2 rings (SSSR count). The molecule has 1 amide bonds. The van der Waals surface area contributed by atoms with Crippen LogP contribution in [0.2, 0.25) is 0 Å². The molecule has 0 spiro atoms. The Morgan fingerprint density at radius 2 is 1.67 bits per heavy atom. The quantitative estimate of drug-likeness (QED) is 0.678. The molecule has 1 atom stereocenters. The third-order valence-corrected chi connectivity index (χ3v) is 4.89. The Morgan fingerprint density at radius 1 is 1.00 bits per heavy atom. The molecule has 0 aromatic heterocycles. The lowest BCUT2D eigenvalue weighted by atomic mass is 10.1. The van der Waals surface area contributed by atoms with Crippen molar-refractivity contribution < 1.29 is 14.3 Å². The molecule has 5 heteroatoms. The molecule has 0 radical (unpaired) electrons. The van der Waals surface area contributed by atoms with E-state index in [1.165, 1.54) is 0 Å². The van der Waals surface area contributed by atoms with Crippen LogP contribution in [0.5, 0.6) is 11.5 Å². The third-order valence-electron chi connectivity index (χ3n) is 4.89. The SMILES string of the molecule is COc1ccc(CCN(C)CC(=O)N(C)C(C)c2ccccc2)cc1OC. The first-order valence-corrected chi connectivity index (χ1v) is 9.16. The molecule has 5 nitrogen and oxygen atoms in total. The zero-order valence-corrected chi connectivity index (χ0v) is 16.9. The van der Waals surface area contributed by atoms with E-state index >= 15 is 0 Å². The molecule has 0 saturated carbocycles. The second-order valence-corrected chi connectivity index (χ2v) is 6.77. The number of rotatable bonds is 9. The van der Waals surface area contributed by atoms with Gasteiger partial charge in [0.05, 0.1) is 26.8 Å². The van der Waals surface area contributed by atoms with Gasteiger partial charge in [0.15, 0.2) is 11.5 Å². The minimum absolute atomic E-state index is 0.0537. The van der Waals surface area contributed by atoms with E-state index in [1.54, 1.807) is 14.2 Å². The van der Waals surface area contributed by atoms with E-state index in [-0.39, 0.29) is 11.9 Å². The summed E-state index contributed by atoms with van der Waals surface area (Å²) in [6, 6.07) is 16.1. The lowest BCUT2D eigenvalue weighted by molar-refractivity contribution is -0.132. The number of benzene rings is 2. The van der Waals surface area contributed by atoms with Crippen molar-refractivity contribution in [3.8, 4) is 11.5 Å². The molecule has 0 bridgehead atoms. The maximum absolute atomic E-state index is 12.6. The fraction of sp³-hybridized carbons (Fsp3) is 0.409. The number of nitrogens with zero attached hydrogens (tertiary/aromatic N) is 2. The molecule has 0 saturated heterocycles. The molecule has 0 aliphatic carbocycles. The van der Waals surface area contributed by atoms with E-state index < -0.39 is 0 Å². The van der Waals surface area contributed by atoms with E-state index in [0.29, 0.717) is 6.54 Å². The average molecular weight is 370 g/mol. The summed E-state index contributed by atoms with van der Waals surface area (Å²) in [5.41, 5.74) is 2.29. The molecule has 2 aromatic rings. The van der Waals surface area contributed by atoms with Gasteiger partial charge in [-0.2, -0.15) is 0 Å². The van der Waals surface area contributed by atoms with Crippen LogP contribution in [0.1, 0.15) is 24.1 Å². The van der Waals surface area contributed by atoms with Crippen LogP contribution in [0, 0.1) is 0 Å². The zero-order valence-electron chi connectivity index (χ0n) is 16.9. The molecule has 0 aliphatic heterocycles. The Labute approximate surface area is 162 Å². The fourth-order valence-electron chi connectivity index (χ4n) is 2.95. The molecule has 1 unspecified atom stereocenters. The monoisotopic (exact) mass is 370 g/mol. The van der Waals surface area contributed by atoms with Gasteiger partial charge >= 0.3 is 0 Å². The normalized spacial score (nSPS) is 11.9.